The van der Waals surface area contributed by atoms with Crippen LogP contribution in [-0.2, 0) is 11.4 Å². The Hall–Kier alpha value is -1.85. The second-order valence-corrected chi connectivity index (χ2v) is 7.47. The average Bonchev–Trinajstić information content (AvgIpc) is 2.59. The third kappa shape index (κ3) is 5.31. The number of likely N-dealkylation sites (N-methyl/N-ethyl adjacent to an activating group) is 1. The van der Waals surface area contributed by atoms with Crippen LogP contribution in [0.5, 0.6) is 5.75 Å². The third-order valence-electron chi connectivity index (χ3n) is 3.31. The van der Waals surface area contributed by atoms with Gasteiger partial charge in [0.1, 0.15) is 24.0 Å². The van der Waals surface area contributed by atoms with Crippen LogP contribution in [0.3, 0.4) is 0 Å². The molecule has 0 aliphatic carbocycles. The zero-order valence-electron chi connectivity index (χ0n) is 13.8. The summed E-state index contributed by atoms with van der Waals surface area (Å²) >= 11 is 5.69. The minimum absolute atomic E-state index is 0.0886. The van der Waals surface area contributed by atoms with E-state index in [0.29, 0.717) is 6.61 Å². The molecule has 0 aliphatic heterocycles. The van der Waals surface area contributed by atoms with Crippen molar-refractivity contribution >= 4 is 50.5 Å². The highest BCUT2D eigenvalue weighted by Crippen LogP contribution is 2.33. The van der Waals surface area contributed by atoms with Gasteiger partial charge in [-0.2, -0.15) is 5.26 Å². The van der Waals surface area contributed by atoms with Gasteiger partial charge in [0.2, 0.25) is 0 Å². The predicted octanol–water partition coefficient (Wildman–Crippen LogP) is 4.63. The summed E-state index contributed by atoms with van der Waals surface area (Å²) in [6.45, 7) is 0.465. The molecule has 4 nitrogen and oxygen atoms in total. The number of rotatable bonds is 5. The second-order valence-electron chi connectivity index (χ2n) is 5.46. The van der Waals surface area contributed by atoms with Crippen molar-refractivity contribution in [3.05, 3.63) is 67.2 Å². The van der Waals surface area contributed by atoms with Gasteiger partial charge in [0.25, 0.3) is 5.91 Å². The quantitative estimate of drug-likeness (QED) is 0.335. The summed E-state index contributed by atoms with van der Waals surface area (Å²) in [4.78, 5) is 13.4. The molecule has 6 heteroatoms. The summed E-state index contributed by atoms with van der Waals surface area (Å²) in [6, 6.07) is 15.6. The summed E-state index contributed by atoms with van der Waals surface area (Å²) in [7, 11) is 3.24. The second kappa shape index (κ2) is 9.02. The van der Waals surface area contributed by atoms with Gasteiger partial charge < -0.3 is 9.64 Å². The van der Waals surface area contributed by atoms with Crippen LogP contribution in [0.25, 0.3) is 6.08 Å². The summed E-state index contributed by atoms with van der Waals surface area (Å²) < 4.78 is 7.58. The summed E-state index contributed by atoms with van der Waals surface area (Å²) in [5, 5.41) is 9.21. The minimum atomic E-state index is -0.321. The highest BCUT2D eigenvalue weighted by Gasteiger charge is 2.13. The lowest BCUT2D eigenvalue weighted by molar-refractivity contribution is -0.124. The zero-order chi connectivity index (χ0) is 18.4. The van der Waals surface area contributed by atoms with Crippen molar-refractivity contribution < 1.29 is 9.53 Å². The van der Waals surface area contributed by atoms with Gasteiger partial charge in [-0.3, -0.25) is 4.79 Å². The molecule has 2 aromatic rings. The van der Waals surface area contributed by atoms with Crippen molar-refractivity contribution in [3.8, 4) is 11.8 Å². The molecule has 128 valence electrons. The van der Waals surface area contributed by atoms with Crippen molar-refractivity contribution in [2.24, 2.45) is 0 Å². The Labute approximate surface area is 169 Å². The van der Waals surface area contributed by atoms with Gasteiger partial charge >= 0.3 is 0 Å². The van der Waals surface area contributed by atoms with Crippen LogP contribution in [0.4, 0.5) is 0 Å². The molecule has 2 aromatic carbocycles. The Balaban J connectivity index is 2.25. The van der Waals surface area contributed by atoms with E-state index in [0.717, 1.165) is 24.9 Å². The number of halogens is 2. The van der Waals surface area contributed by atoms with E-state index in [-0.39, 0.29) is 11.5 Å². The molecule has 0 heterocycles. The van der Waals surface area contributed by atoms with Crippen LogP contribution in [0.2, 0.25) is 0 Å². The topological polar surface area (TPSA) is 53.3 Å². The SMILES string of the molecule is CN(C)C(=O)/C(C#N)=C\c1cc(Br)c(OCc2ccccc2)c(I)c1. The van der Waals surface area contributed by atoms with E-state index in [2.05, 4.69) is 38.5 Å². The summed E-state index contributed by atoms with van der Waals surface area (Å²) in [5.41, 5.74) is 1.93. The van der Waals surface area contributed by atoms with Crippen LogP contribution < -0.4 is 4.74 Å². The molecular formula is C19H16BrIN2O2. The first-order valence-electron chi connectivity index (χ1n) is 7.41. The van der Waals surface area contributed by atoms with Crippen LogP contribution in [0.1, 0.15) is 11.1 Å². The molecule has 0 saturated heterocycles. The first kappa shape index (κ1) is 19.5. The van der Waals surface area contributed by atoms with Gasteiger partial charge in [0, 0.05) is 14.1 Å². The fraction of sp³-hybridized carbons (Fsp3) is 0.158. The minimum Gasteiger partial charge on any atom is -0.487 e. The number of carbonyl (C=O) groups excluding carboxylic acids is 1. The van der Waals surface area contributed by atoms with E-state index < -0.39 is 0 Å². The number of hydrogen-bond acceptors (Lipinski definition) is 3. The van der Waals surface area contributed by atoms with E-state index in [4.69, 9.17) is 4.74 Å². The van der Waals surface area contributed by atoms with Gasteiger partial charge in [0.15, 0.2) is 0 Å². The largest absolute Gasteiger partial charge is 0.487 e. The maximum atomic E-state index is 12.0. The summed E-state index contributed by atoms with van der Waals surface area (Å²) in [6.07, 6.45) is 1.58. The molecule has 2 rings (SSSR count). The highest BCUT2D eigenvalue weighted by molar-refractivity contribution is 14.1. The van der Waals surface area contributed by atoms with Crippen molar-refractivity contribution in [1.29, 1.82) is 5.26 Å². The Kier molecular flexibility index (Phi) is 7.02. The van der Waals surface area contributed by atoms with Gasteiger partial charge in [0.05, 0.1) is 8.04 Å². The number of nitriles is 1. The van der Waals surface area contributed by atoms with Crippen LogP contribution in [0, 0.1) is 14.9 Å². The van der Waals surface area contributed by atoms with E-state index in [1.807, 2.05) is 48.5 Å². The average molecular weight is 511 g/mol. The lowest BCUT2D eigenvalue weighted by atomic mass is 10.1. The van der Waals surface area contributed by atoms with Crippen molar-refractivity contribution in [2.45, 2.75) is 6.61 Å². The van der Waals surface area contributed by atoms with Gasteiger partial charge in [-0.05, 0) is 67.9 Å². The number of ether oxygens (including phenoxy) is 1. The molecule has 0 saturated carbocycles. The molecule has 0 atom stereocenters. The molecule has 1 amide bonds. The first-order chi connectivity index (χ1) is 11.9. The Bertz CT molecular complexity index is 819. The lowest BCUT2D eigenvalue weighted by Gasteiger charge is -2.12. The van der Waals surface area contributed by atoms with Gasteiger partial charge in [-0.15, -0.1) is 0 Å². The number of carbonyl (C=O) groups is 1. The van der Waals surface area contributed by atoms with E-state index in [1.165, 1.54) is 4.90 Å². The fourth-order valence-corrected chi connectivity index (χ4v) is 3.85. The van der Waals surface area contributed by atoms with E-state index in [1.54, 1.807) is 20.2 Å². The zero-order valence-corrected chi connectivity index (χ0v) is 17.5. The maximum Gasteiger partial charge on any atom is 0.264 e. The number of amides is 1. The monoisotopic (exact) mass is 510 g/mol. The van der Waals surface area contributed by atoms with E-state index in [9.17, 15) is 10.1 Å². The molecule has 0 N–H and O–H groups in total. The standard InChI is InChI=1S/C19H16BrIN2O2/c1-23(2)19(24)15(11-22)8-14-9-16(20)18(17(21)10-14)25-12-13-6-4-3-5-7-13/h3-10H,12H2,1-2H3/b15-8-. The molecule has 0 fully saturated rings. The maximum absolute atomic E-state index is 12.0. The van der Waals surface area contributed by atoms with Crippen molar-refractivity contribution in [1.82, 2.24) is 4.90 Å². The predicted molar refractivity (Wildman–Crippen MR) is 110 cm³/mol. The number of nitrogens with zero attached hydrogens (tertiary/aromatic N) is 2. The normalized spacial score (nSPS) is 10.9. The highest BCUT2D eigenvalue weighted by atomic mass is 127. The smallest absolute Gasteiger partial charge is 0.264 e. The van der Waals surface area contributed by atoms with Crippen LogP contribution >= 0.6 is 38.5 Å². The molecule has 0 unspecified atom stereocenters. The van der Waals surface area contributed by atoms with Crippen LogP contribution in [-0.4, -0.2) is 24.9 Å². The Morgan fingerprint density at radius 3 is 2.56 bits per heavy atom. The molecule has 0 aliphatic rings. The number of hydrogen-bond donors (Lipinski definition) is 0. The molecule has 0 aromatic heterocycles. The molecule has 25 heavy (non-hydrogen) atoms. The van der Waals surface area contributed by atoms with Gasteiger partial charge in [-0.1, -0.05) is 30.3 Å². The van der Waals surface area contributed by atoms with Crippen molar-refractivity contribution in [2.75, 3.05) is 14.1 Å². The van der Waals surface area contributed by atoms with Crippen LogP contribution in [0.15, 0.2) is 52.5 Å². The fourth-order valence-electron chi connectivity index (χ4n) is 2.08. The molecule has 0 spiro atoms. The van der Waals surface area contributed by atoms with E-state index >= 15 is 0 Å². The summed E-state index contributed by atoms with van der Waals surface area (Å²) in [5.74, 6) is 0.414. The third-order valence-corrected chi connectivity index (χ3v) is 4.70. The first-order valence-corrected chi connectivity index (χ1v) is 9.28. The molecule has 0 bridgehead atoms. The molecular weight excluding hydrogens is 495 g/mol. The number of benzene rings is 2. The Morgan fingerprint density at radius 2 is 2.00 bits per heavy atom. The lowest BCUT2D eigenvalue weighted by Crippen LogP contribution is -2.22. The van der Waals surface area contributed by atoms with Gasteiger partial charge in [-0.25, -0.2) is 0 Å². The Morgan fingerprint density at radius 1 is 1.32 bits per heavy atom. The van der Waals surface area contributed by atoms with Crippen molar-refractivity contribution in [3.63, 3.8) is 0 Å². The molecule has 0 radical (unpaired) electrons.